The molecule has 0 aromatic carbocycles. The van der Waals surface area contributed by atoms with E-state index in [1.807, 2.05) is 33.9 Å². The molecule has 0 spiro atoms. The van der Waals surface area contributed by atoms with Gasteiger partial charge in [0.05, 0.1) is 18.8 Å². The van der Waals surface area contributed by atoms with Crippen LogP contribution in [0.25, 0.3) is 0 Å². The fraction of sp³-hybridized carbons (Fsp3) is 0.714. The van der Waals surface area contributed by atoms with E-state index in [9.17, 15) is 18.0 Å². The first-order chi connectivity index (χ1) is 10.2. The fourth-order valence-electron chi connectivity index (χ4n) is 1.94. The first-order valence-electron chi connectivity index (χ1n) is 7.21. The van der Waals surface area contributed by atoms with Gasteiger partial charge in [-0.3, -0.25) is 4.68 Å². The molecule has 1 aromatic heterocycles. The number of alkyl halides is 3. The van der Waals surface area contributed by atoms with Crippen LogP contribution < -0.4 is 0 Å². The summed E-state index contributed by atoms with van der Waals surface area (Å²) >= 11 is 0. The number of carbonyl (C=O) groups is 1. The van der Waals surface area contributed by atoms with Gasteiger partial charge in [0.15, 0.2) is 14.0 Å². The van der Waals surface area contributed by atoms with Gasteiger partial charge < -0.3 is 9.53 Å². The van der Waals surface area contributed by atoms with Gasteiger partial charge in [-0.1, -0.05) is 20.8 Å². The average Bonchev–Trinajstić information content (AvgIpc) is 2.69. The second kappa shape index (κ2) is 6.27. The van der Waals surface area contributed by atoms with Gasteiger partial charge in [-0.05, 0) is 25.1 Å². The van der Waals surface area contributed by atoms with Crippen LogP contribution in [-0.2, 0) is 17.1 Å². The molecule has 0 aliphatic heterocycles. The molecule has 0 radical (unpaired) electrons. The molecule has 1 aromatic rings. The summed E-state index contributed by atoms with van der Waals surface area (Å²) in [6.45, 7) is 11.6. The van der Waals surface area contributed by atoms with E-state index in [-0.39, 0.29) is 11.6 Å². The Bertz CT molecular complexity index is 577. The zero-order chi connectivity index (χ0) is 18.2. The third-order valence-electron chi connectivity index (χ3n) is 4.07. The van der Waals surface area contributed by atoms with Crippen LogP contribution in [0.1, 0.15) is 43.7 Å². The normalized spacial score (nSPS) is 14.8. The van der Waals surface area contributed by atoms with E-state index in [0.29, 0.717) is 4.68 Å². The highest BCUT2D eigenvalue weighted by Crippen LogP contribution is 2.38. The lowest BCUT2D eigenvalue weighted by atomic mass is 10.2. The van der Waals surface area contributed by atoms with Crippen LogP contribution in [0, 0.1) is 0 Å². The smallest absolute Gasteiger partial charge is 0.433 e. The summed E-state index contributed by atoms with van der Waals surface area (Å²) in [5.41, 5.74) is -2.10. The van der Waals surface area contributed by atoms with Crippen molar-refractivity contribution in [3.05, 3.63) is 17.5 Å². The average molecular weight is 352 g/mol. The number of rotatable bonds is 5. The molecule has 0 fully saturated rings. The van der Waals surface area contributed by atoms with Crippen molar-refractivity contribution < 1.29 is 27.5 Å². The van der Waals surface area contributed by atoms with Crippen LogP contribution in [0.3, 0.4) is 0 Å². The molecule has 5 nitrogen and oxygen atoms in total. The Labute approximate surface area is 134 Å². The van der Waals surface area contributed by atoms with Crippen molar-refractivity contribution in [2.75, 3.05) is 0 Å². The van der Waals surface area contributed by atoms with Crippen molar-refractivity contribution in [2.24, 2.45) is 0 Å². The summed E-state index contributed by atoms with van der Waals surface area (Å²) < 4.78 is 46.0. The predicted molar refractivity (Wildman–Crippen MR) is 81.9 cm³/mol. The molecule has 1 atom stereocenters. The van der Waals surface area contributed by atoms with E-state index in [4.69, 9.17) is 9.53 Å². The minimum absolute atomic E-state index is 0.0789. The number of carboxylic acids is 1. The Balaban J connectivity index is 3.04. The Kier molecular flexibility index (Phi) is 5.37. The largest absolute Gasteiger partial charge is 0.478 e. The first kappa shape index (κ1) is 19.7. The second-order valence-corrected chi connectivity index (χ2v) is 11.8. The number of aromatic nitrogens is 2. The summed E-state index contributed by atoms with van der Waals surface area (Å²) in [6, 6.07) is 0. The van der Waals surface area contributed by atoms with Crippen LogP contribution in [0.5, 0.6) is 0 Å². The van der Waals surface area contributed by atoms with Gasteiger partial charge in [0.2, 0.25) is 0 Å². The topological polar surface area (TPSA) is 64.4 Å². The molecule has 1 rings (SSSR count). The summed E-state index contributed by atoms with van der Waals surface area (Å²) in [5.74, 6) is -1.65. The van der Waals surface area contributed by atoms with E-state index < -0.39 is 37.8 Å². The summed E-state index contributed by atoms with van der Waals surface area (Å²) in [6.07, 6.45) is -4.58. The number of nitrogens with zero attached hydrogens (tertiary/aromatic N) is 2. The van der Waals surface area contributed by atoms with Crippen LogP contribution in [0.2, 0.25) is 18.1 Å². The second-order valence-electron chi connectivity index (χ2n) is 7.08. The van der Waals surface area contributed by atoms with E-state index in [1.165, 1.54) is 0 Å². The van der Waals surface area contributed by atoms with Crippen molar-refractivity contribution in [1.82, 2.24) is 9.78 Å². The molecular formula is C14H23F3N2O3Si. The lowest BCUT2D eigenvalue weighted by Crippen LogP contribution is -2.44. The first-order valence-corrected chi connectivity index (χ1v) is 10.1. The highest BCUT2D eigenvalue weighted by molar-refractivity contribution is 6.74. The van der Waals surface area contributed by atoms with Crippen molar-refractivity contribution >= 4 is 14.3 Å². The van der Waals surface area contributed by atoms with E-state index >= 15 is 0 Å². The molecule has 0 saturated heterocycles. The molecule has 0 aliphatic rings. The summed E-state index contributed by atoms with van der Waals surface area (Å²) in [7, 11) is -2.14. The fourth-order valence-corrected chi connectivity index (χ4v) is 3.37. The maximum Gasteiger partial charge on any atom is 0.433 e. The molecule has 1 N–H and O–H groups in total. The zero-order valence-electron chi connectivity index (χ0n) is 14.2. The third-order valence-corrected chi connectivity index (χ3v) is 8.67. The number of halogens is 3. The molecular weight excluding hydrogens is 329 g/mol. The Morgan fingerprint density at radius 3 is 2.30 bits per heavy atom. The molecule has 1 heterocycles. The van der Waals surface area contributed by atoms with E-state index in [1.54, 1.807) is 6.92 Å². The standard InChI is InChI=1S/C14H23F3N2O3Si/c1-9(22-23(5,6)13(2,3)4)8-19-11(14(15,16)17)10(7-18-19)12(20)21/h7,9H,8H2,1-6H3,(H,20,21)/t9-/m1/s1. The van der Waals surface area contributed by atoms with Crippen LogP contribution in [0.15, 0.2) is 6.20 Å². The van der Waals surface area contributed by atoms with E-state index in [2.05, 4.69) is 5.10 Å². The van der Waals surface area contributed by atoms with Crippen LogP contribution in [-0.4, -0.2) is 35.3 Å². The van der Waals surface area contributed by atoms with Gasteiger partial charge >= 0.3 is 12.1 Å². The van der Waals surface area contributed by atoms with Gasteiger partial charge in [-0.25, -0.2) is 4.79 Å². The minimum atomic E-state index is -4.79. The molecule has 0 aliphatic carbocycles. The Morgan fingerprint density at radius 2 is 1.91 bits per heavy atom. The van der Waals surface area contributed by atoms with Gasteiger partial charge in [-0.15, -0.1) is 0 Å². The third kappa shape index (κ3) is 4.57. The Hall–Kier alpha value is -1.35. The van der Waals surface area contributed by atoms with Crippen molar-refractivity contribution in [2.45, 2.75) is 64.7 Å². The highest BCUT2D eigenvalue weighted by Gasteiger charge is 2.42. The van der Waals surface area contributed by atoms with Gasteiger partial charge in [0, 0.05) is 0 Å². The monoisotopic (exact) mass is 352 g/mol. The summed E-state index contributed by atoms with van der Waals surface area (Å²) in [4.78, 5) is 11.0. The van der Waals surface area contributed by atoms with E-state index in [0.717, 1.165) is 6.20 Å². The van der Waals surface area contributed by atoms with Gasteiger partial charge in [-0.2, -0.15) is 18.3 Å². The lowest BCUT2D eigenvalue weighted by molar-refractivity contribution is -0.145. The Morgan fingerprint density at radius 1 is 1.39 bits per heavy atom. The number of hydrogen-bond donors (Lipinski definition) is 1. The number of carboxylic acid groups (broad SMARTS) is 1. The SMILES string of the molecule is C[C@H](Cn1ncc(C(=O)O)c1C(F)(F)F)O[Si](C)(C)C(C)(C)C. The van der Waals surface area contributed by atoms with Gasteiger partial charge in [0.25, 0.3) is 0 Å². The number of aromatic carboxylic acids is 1. The van der Waals surface area contributed by atoms with Gasteiger partial charge in [0.1, 0.15) is 5.56 Å². The molecule has 132 valence electrons. The molecule has 9 heteroatoms. The maximum atomic E-state index is 13.1. The minimum Gasteiger partial charge on any atom is -0.478 e. The van der Waals surface area contributed by atoms with Crippen molar-refractivity contribution in [3.8, 4) is 0 Å². The number of hydrogen-bond acceptors (Lipinski definition) is 3. The van der Waals surface area contributed by atoms with Crippen LogP contribution >= 0.6 is 0 Å². The molecule has 23 heavy (non-hydrogen) atoms. The summed E-state index contributed by atoms with van der Waals surface area (Å²) in [5, 5.41) is 12.4. The molecule has 0 unspecified atom stereocenters. The maximum absolute atomic E-state index is 13.1. The van der Waals surface area contributed by atoms with Crippen LogP contribution in [0.4, 0.5) is 13.2 Å². The molecule has 0 amide bonds. The molecule has 0 saturated carbocycles. The van der Waals surface area contributed by atoms with Crippen molar-refractivity contribution in [1.29, 1.82) is 0 Å². The zero-order valence-corrected chi connectivity index (χ0v) is 15.2. The lowest BCUT2D eigenvalue weighted by Gasteiger charge is -2.38. The highest BCUT2D eigenvalue weighted by atomic mass is 28.4. The quantitative estimate of drug-likeness (QED) is 0.813. The predicted octanol–water partition coefficient (Wildman–Crippen LogP) is 4.01. The van der Waals surface area contributed by atoms with Crippen molar-refractivity contribution in [3.63, 3.8) is 0 Å². The molecule has 0 bridgehead atoms.